The molecule has 8 heteroatoms. The maximum absolute atomic E-state index is 13.2. The van der Waals surface area contributed by atoms with E-state index in [4.69, 9.17) is 9.47 Å². The largest absolute Gasteiger partial charge is 0.454 e. The highest BCUT2D eigenvalue weighted by molar-refractivity contribution is 5.99. The molecule has 3 aliphatic heterocycles. The van der Waals surface area contributed by atoms with E-state index in [0.29, 0.717) is 25.2 Å². The third-order valence-electron chi connectivity index (χ3n) is 7.46. The third-order valence-corrected chi connectivity index (χ3v) is 7.46. The van der Waals surface area contributed by atoms with Crippen molar-refractivity contribution in [3.8, 4) is 11.5 Å². The number of carbonyl (C=O) groups is 2. The Labute approximate surface area is 222 Å². The molecule has 8 nitrogen and oxygen atoms in total. The molecule has 1 saturated heterocycles. The zero-order chi connectivity index (χ0) is 26.1. The van der Waals surface area contributed by atoms with E-state index < -0.39 is 0 Å². The van der Waals surface area contributed by atoms with Crippen LogP contribution in [0.3, 0.4) is 0 Å². The van der Waals surface area contributed by atoms with Gasteiger partial charge >= 0.3 is 0 Å². The molecule has 0 radical (unpaired) electrons. The zero-order valence-corrected chi connectivity index (χ0v) is 21.6. The fourth-order valence-electron chi connectivity index (χ4n) is 5.45. The standard InChI is InChI=1S/C30H32N4O4/c1-2-13-34-28(24-5-3-4-6-25(24)30(34)36)31-23-10-8-22(9-11-23)29(35)33-16-14-32(15-17-33)19-21-7-12-26-27(18-21)38-20-37-26/h3-12,18,28,31H,2,13-17,19-20H2,1H3. The van der Waals surface area contributed by atoms with E-state index in [9.17, 15) is 9.59 Å². The van der Waals surface area contributed by atoms with Crippen LogP contribution in [-0.2, 0) is 6.54 Å². The second kappa shape index (κ2) is 10.4. The van der Waals surface area contributed by atoms with Gasteiger partial charge in [-0.3, -0.25) is 14.5 Å². The van der Waals surface area contributed by atoms with E-state index in [0.717, 1.165) is 54.4 Å². The Morgan fingerprint density at radius 1 is 0.947 bits per heavy atom. The Kier molecular flexibility index (Phi) is 6.64. The van der Waals surface area contributed by atoms with E-state index in [1.807, 2.05) is 70.5 Å². The molecule has 6 rings (SSSR count). The average Bonchev–Trinajstić information content (AvgIpc) is 3.52. The maximum Gasteiger partial charge on any atom is 0.256 e. The minimum Gasteiger partial charge on any atom is -0.454 e. The molecule has 1 atom stereocenters. The van der Waals surface area contributed by atoms with Crippen molar-refractivity contribution in [1.82, 2.24) is 14.7 Å². The lowest BCUT2D eigenvalue weighted by atomic mass is 10.1. The summed E-state index contributed by atoms with van der Waals surface area (Å²) in [5.74, 6) is 1.71. The quantitative estimate of drug-likeness (QED) is 0.508. The maximum atomic E-state index is 13.2. The fourth-order valence-corrected chi connectivity index (χ4v) is 5.45. The lowest BCUT2D eigenvalue weighted by Crippen LogP contribution is -2.48. The third kappa shape index (κ3) is 4.67. The number of nitrogens with zero attached hydrogens (tertiary/aromatic N) is 3. The van der Waals surface area contributed by atoms with E-state index in [-0.39, 0.29) is 24.8 Å². The van der Waals surface area contributed by atoms with Gasteiger partial charge in [0.2, 0.25) is 6.79 Å². The number of carbonyl (C=O) groups excluding carboxylic acids is 2. The summed E-state index contributed by atoms with van der Waals surface area (Å²) in [6, 6.07) is 21.4. The summed E-state index contributed by atoms with van der Waals surface area (Å²) in [5.41, 5.74) is 4.48. The van der Waals surface area contributed by atoms with E-state index in [1.165, 1.54) is 5.56 Å². The summed E-state index contributed by atoms with van der Waals surface area (Å²) in [7, 11) is 0. The number of piperazine rings is 1. The Balaban J connectivity index is 1.06. The van der Waals surface area contributed by atoms with Gasteiger partial charge in [0.05, 0.1) is 0 Å². The van der Waals surface area contributed by atoms with Crippen LogP contribution in [0.1, 0.15) is 51.4 Å². The minimum atomic E-state index is -0.210. The molecule has 196 valence electrons. The molecule has 3 aromatic rings. The molecule has 3 aromatic carbocycles. The Hall–Kier alpha value is -4.04. The molecule has 1 unspecified atom stereocenters. The van der Waals surface area contributed by atoms with Crippen LogP contribution in [0, 0.1) is 0 Å². The van der Waals surface area contributed by atoms with E-state index in [1.54, 1.807) is 0 Å². The van der Waals surface area contributed by atoms with Gasteiger partial charge < -0.3 is 24.6 Å². The van der Waals surface area contributed by atoms with Crippen LogP contribution in [-0.4, -0.2) is 66.0 Å². The van der Waals surface area contributed by atoms with Gasteiger partial charge in [0.25, 0.3) is 11.8 Å². The van der Waals surface area contributed by atoms with Crippen molar-refractivity contribution in [3.05, 3.63) is 89.0 Å². The highest BCUT2D eigenvalue weighted by Crippen LogP contribution is 2.35. The fraction of sp³-hybridized carbons (Fsp3) is 0.333. The zero-order valence-electron chi connectivity index (χ0n) is 21.6. The van der Waals surface area contributed by atoms with Gasteiger partial charge in [-0.1, -0.05) is 31.2 Å². The van der Waals surface area contributed by atoms with Crippen molar-refractivity contribution in [1.29, 1.82) is 0 Å². The van der Waals surface area contributed by atoms with Crippen LogP contribution in [0.5, 0.6) is 11.5 Å². The first-order chi connectivity index (χ1) is 18.6. The highest BCUT2D eigenvalue weighted by Gasteiger charge is 2.35. The number of anilines is 1. The summed E-state index contributed by atoms with van der Waals surface area (Å²) in [4.78, 5) is 32.3. The van der Waals surface area contributed by atoms with Crippen molar-refractivity contribution in [2.45, 2.75) is 26.1 Å². The molecular weight excluding hydrogens is 480 g/mol. The number of rotatable bonds is 7. The molecule has 1 N–H and O–H groups in total. The van der Waals surface area contributed by atoms with Crippen molar-refractivity contribution in [2.24, 2.45) is 0 Å². The van der Waals surface area contributed by atoms with Crippen molar-refractivity contribution >= 4 is 17.5 Å². The predicted octanol–water partition coefficient (Wildman–Crippen LogP) is 4.35. The first-order valence-electron chi connectivity index (χ1n) is 13.3. The smallest absolute Gasteiger partial charge is 0.256 e. The topological polar surface area (TPSA) is 74.4 Å². The highest BCUT2D eigenvalue weighted by atomic mass is 16.7. The monoisotopic (exact) mass is 512 g/mol. The van der Waals surface area contributed by atoms with Gasteiger partial charge in [-0.2, -0.15) is 0 Å². The Bertz CT molecular complexity index is 1330. The number of fused-ring (bicyclic) bond motifs is 2. The molecule has 0 aromatic heterocycles. The van der Waals surface area contributed by atoms with Crippen LogP contribution in [0.4, 0.5) is 5.69 Å². The van der Waals surface area contributed by atoms with Crippen LogP contribution in [0.15, 0.2) is 66.7 Å². The molecule has 0 bridgehead atoms. The lowest BCUT2D eigenvalue weighted by Gasteiger charge is -2.35. The molecule has 38 heavy (non-hydrogen) atoms. The van der Waals surface area contributed by atoms with Gasteiger partial charge in [0, 0.05) is 61.6 Å². The summed E-state index contributed by atoms with van der Waals surface area (Å²) in [5, 5.41) is 3.51. The van der Waals surface area contributed by atoms with E-state index in [2.05, 4.69) is 23.2 Å². The van der Waals surface area contributed by atoms with Crippen LogP contribution >= 0.6 is 0 Å². The molecule has 3 aliphatic rings. The van der Waals surface area contributed by atoms with Crippen LogP contribution in [0.25, 0.3) is 0 Å². The second-order valence-electron chi connectivity index (χ2n) is 9.97. The number of hydrogen-bond donors (Lipinski definition) is 1. The molecule has 0 saturated carbocycles. The number of nitrogens with one attached hydrogen (secondary N) is 1. The van der Waals surface area contributed by atoms with Crippen LogP contribution < -0.4 is 14.8 Å². The van der Waals surface area contributed by atoms with Crippen molar-refractivity contribution in [2.75, 3.05) is 44.8 Å². The van der Waals surface area contributed by atoms with Crippen molar-refractivity contribution < 1.29 is 19.1 Å². The first-order valence-corrected chi connectivity index (χ1v) is 13.3. The van der Waals surface area contributed by atoms with Gasteiger partial charge in [-0.05, 0) is 54.4 Å². The average molecular weight is 513 g/mol. The summed E-state index contributed by atoms with van der Waals surface area (Å²) < 4.78 is 10.9. The van der Waals surface area contributed by atoms with Gasteiger partial charge in [0.15, 0.2) is 11.5 Å². The number of benzene rings is 3. The normalized spacial score (nSPS) is 18.6. The Morgan fingerprint density at radius 3 is 2.50 bits per heavy atom. The number of ether oxygens (including phenoxy) is 2. The molecule has 1 fully saturated rings. The summed E-state index contributed by atoms with van der Waals surface area (Å²) >= 11 is 0. The molecule has 2 amide bonds. The van der Waals surface area contributed by atoms with Gasteiger partial charge in [0.1, 0.15) is 6.17 Å². The van der Waals surface area contributed by atoms with Crippen LogP contribution in [0.2, 0.25) is 0 Å². The first kappa shape index (κ1) is 24.3. The lowest BCUT2D eigenvalue weighted by molar-refractivity contribution is 0.0628. The molecule has 0 spiro atoms. The molecule has 0 aliphatic carbocycles. The van der Waals surface area contributed by atoms with Crippen molar-refractivity contribution in [3.63, 3.8) is 0 Å². The number of hydrogen-bond acceptors (Lipinski definition) is 6. The molecule has 3 heterocycles. The molecular formula is C30H32N4O4. The van der Waals surface area contributed by atoms with Gasteiger partial charge in [-0.25, -0.2) is 0 Å². The van der Waals surface area contributed by atoms with E-state index >= 15 is 0 Å². The summed E-state index contributed by atoms with van der Waals surface area (Å²) in [6.07, 6.45) is 0.674. The second-order valence-corrected chi connectivity index (χ2v) is 9.97. The summed E-state index contributed by atoms with van der Waals surface area (Å²) in [6.45, 7) is 6.88. The minimum absolute atomic E-state index is 0.0493. The number of amides is 2. The Morgan fingerprint density at radius 2 is 1.71 bits per heavy atom. The SMILES string of the molecule is CCCN1C(=O)c2ccccc2C1Nc1ccc(C(=O)N2CCN(Cc3ccc4c(c3)OCO4)CC2)cc1. The van der Waals surface area contributed by atoms with Gasteiger partial charge in [-0.15, -0.1) is 0 Å². The predicted molar refractivity (Wildman–Crippen MR) is 144 cm³/mol.